The predicted octanol–water partition coefficient (Wildman–Crippen LogP) is 1.45. The highest BCUT2D eigenvalue weighted by Crippen LogP contribution is 2.20. The number of hydrogen-bond donors (Lipinski definition) is 5. The number of amides is 4. The molecule has 0 bridgehead atoms. The summed E-state index contributed by atoms with van der Waals surface area (Å²) < 4.78 is 27.2. The molecule has 0 saturated heterocycles. The van der Waals surface area contributed by atoms with E-state index in [1.54, 1.807) is 65.8 Å². The maximum atomic E-state index is 13.9. The summed E-state index contributed by atoms with van der Waals surface area (Å²) in [6.07, 6.45) is -0.876. The van der Waals surface area contributed by atoms with Crippen molar-refractivity contribution in [3.8, 4) is 5.75 Å². The second kappa shape index (κ2) is 22.1. The van der Waals surface area contributed by atoms with Crippen molar-refractivity contribution in [3.05, 3.63) is 29.8 Å². The highest BCUT2D eigenvalue weighted by atomic mass is 16.6. The summed E-state index contributed by atoms with van der Waals surface area (Å²) in [6.45, 7) is 16.3. The lowest BCUT2D eigenvalue weighted by Gasteiger charge is -2.26. The molecule has 53 heavy (non-hydrogen) atoms. The average Bonchev–Trinajstić information content (AvgIpc) is 3.02. The van der Waals surface area contributed by atoms with Crippen LogP contribution in [0.25, 0.3) is 0 Å². The van der Waals surface area contributed by atoms with Crippen LogP contribution in [-0.2, 0) is 54.1 Å². The minimum Gasteiger partial charge on any atom is -0.488 e. The number of benzene rings is 1. The molecule has 16 nitrogen and oxygen atoms in total. The first-order valence-electron chi connectivity index (χ1n) is 17.7. The Bertz CT molecular complexity index is 1350. The van der Waals surface area contributed by atoms with E-state index in [2.05, 4.69) is 21.3 Å². The lowest BCUT2D eigenvalue weighted by molar-refractivity contribution is -0.157. The van der Waals surface area contributed by atoms with Crippen molar-refractivity contribution in [3.63, 3.8) is 0 Å². The highest BCUT2D eigenvalue weighted by molar-refractivity contribution is 5.96. The Morgan fingerprint density at radius 1 is 0.660 bits per heavy atom. The third kappa shape index (κ3) is 21.8. The average molecular weight is 752 g/mol. The number of rotatable bonds is 21. The fraction of sp³-hybridized carbons (Fsp3) is 0.676. The minimum atomic E-state index is -1.46. The van der Waals surface area contributed by atoms with Gasteiger partial charge in [0.1, 0.15) is 47.3 Å². The molecule has 0 aliphatic carbocycles. The number of carbonyl (C=O) groups excluding carboxylic acids is 6. The molecule has 0 unspecified atom stereocenters. The van der Waals surface area contributed by atoms with Gasteiger partial charge in [-0.05, 0) is 86.4 Å². The first kappa shape index (κ1) is 46.7. The molecule has 4 amide bonds. The van der Waals surface area contributed by atoms with Gasteiger partial charge in [0.15, 0.2) is 0 Å². The smallest absolute Gasteiger partial charge is 0.308 e. The molecule has 16 heteroatoms. The molecule has 0 aromatic heterocycles. The second-order valence-electron chi connectivity index (χ2n) is 15.3. The molecule has 0 radical (unpaired) electrons. The standard InChI is InChI=1S/C37H61N5O11/c1-35(2,3)51-25-13-11-24(12-14-25)21-27(33(47)41-26(32(46)39-10)15-16-30(44)52-36(4,5)6)42-34(48)28(22-31(45)53-37(7,8)9)40-29(43)23-50-20-19-49-18-17-38/h11-14,26-28H,15-23,38H2,1-10H3,(H,39,46)(H,40,43)(H,41,47)(H,42,48)/t26-,27+,28+/m1/s1. The summed E-state index contributed by atoms with van der Waals surface area (Å²) in [4.78, 5) is 78.6. The molecule has 0 fully saturated rings. The van der Waals surface area contributed by atoms with E-state index >= 15 is 0 Å². The molecule has 0 aliphatic heterocycles. The van der Waals surface area contributed by atoms with E-state index in [-0.39, 0.29) is 32.5 Å². The van der Waals surface area contributed by atoms with E-state index in [1.807, 2.05) is 20.8 Å². The van der Waals surface area contributed by atoms with Crippen LogP contribution in [0, 0.1) is 0 Å². The zero-order valence-corrected chi connectivity index (χ0v) is 33.0. The van der Waals surface area contributed by atoms with Crippen molar-refractivity contribution in [1.82, 2.24) is 21.3 Å². The molecule has 0 aliphatic rings. The van der Waals surface area contributed by atoms with Crippen LogP contribution in [0.1, 0.15) is 87.1 Å². The van der Waals surface area contributed by atoms with E-state index in [9.17, 15) is 28.8 Å². The fourth-order valence-electron chi connectivity index (χ4n) is 4.60. The van der Waals surface area contributed by atoms with Gasteiger partial charge >= 0.3 is 11.9 Å². The van der Waals surface area contributed by atoms with Gasteiger partial charge in [0.25, 0.3) is 0 Å². The van der Waals surface area contributed by atoms with E-state index in [4.69, 9.17) is 29.4 Å². The predicted molar refractivity (Wildman–Crippen MR) is 197 cm³/mol. The van der Waals surface area contributed by atoms with Gasteiger partial charge in [-0.25, -0.2) is 0 Å². The molecule has 1 aromatic rings. The SMILES string of the molecule is CNC(=O)[C@@H](CCC(=O)OC(C)(C)C)NC(=O)[C@H](Cc1ccc(OC(C)(C)C)cc1)NC(=O)[C@H](CC(=O)OC(C)(C)C)NC(=O)COCCOCCN. The third-order valence-corrected chi connectivity index (χ3v) is 6.67. The summed E-state index contributed by atoms with van der Waals surface area (Å²) in [5.41, 5.74) is 3.93. The van der Waals surface area contributed by atoms with Gasteiger partial charge in [-0.1, -0.05) is 12.1 Å². The monoisotopic (exact) mass is 751 g/mol. The maximum absolute atomic E-state index is 13.9. The van der Waals surface area contributed by atoms with Crippen molar-refractivity contribution in [2.45, 2.75) is 123 Å². The Hall–Kier alpha value is -4.28. The largest absolute Gasteiger partial charge is 0.488 e. The minimum absolute atomic E-state index is 0.0566. The number of carbonyl (C=O) groups is 6. The summed E-state index contributed by atoms with van der Waals surface area (Å²) in [6, 6.07) is 2.96. The van der Waals surface area contributed by atoms with Crippen LogP contribution >= 0.6 is 0 Å². The summed E-state index contributed by atoms with van der Waals surface area (Å²) in [7, 11) is 1.39. The zero-order chi connectivity index (χ0) is 40.4. The molecule has 1 aromatic carbocycles. The Balaban J connectivity index is 3.35. The summed E-state index contributed by atoms with van der Waals surface area (Å²) in [5.74, 6) is -3.64. The Labute approximate surface area is 313 Å². The van der Waals surface area contributed by atoms with Gasteiger partial charge in [0.05, 0.1) is 26.2 Å². The summed E-state index contributed by atoms with van der Waals surface area (Å²) in [5, 5.41) is 10.2. The molecule has 0 saturated carbocycles. The third-order valence-electron chi connectivity index (χ3n) is 6.67. The van der Waals surface area contributed by atoms with E-state index < -0.39 is 83.5 Å². The van der Waals surface area contributed by atoms with Crippen LogP contribution in [0.3, 0.4) is 0 Å². The Morgan fingerprint density at radius 3 is 1.75 bits per heavy atom. The van der Waals surface area contributed by atoms with Gasteiger partial charge < -0.3 is 50.7 Å². The highest BCUT2D eigenvalue weighted by Gasteiger charge is 2.32. The van der Waals surface area contributed by atoms with Crippen LogP contribution in [0.4, 0.5) is 0 Å². The second-order valence-corrected chi connectivity index (χ2v) is 15.3. The van der Waals surface area contributed by atoms with Gasteiger partial charge in [0.2, 0.25) is 23.6 Å². The quantitative estimate of drug-likeness (QED) is 0.0890. The Kier molecular flexibility index (Phi) is 19.5. The number of ether oxygens (including phenoxy) is 5. The number of nitrogens with two attached hydrogens (primary N) is 1. The molecule has 0 spiro atoms. The molecule has 6 N–H and O–H groups in total. The topological polar surface area (TPSA) is 223 Å². The summed E-state index contributed by atoms with van der Waals surface area (Å²) >= 11 is 0. The first-order chi connectivity index (χ1) is 24.5. The lowest BCUT2D eigenvalue weighted by Crippen LogP contribution is -2.57. The van der Waals surface area contributed by atoms with Crippen LogP contribution in [0.2, 0.25) is 0 Å². The van der Waals surface area contributed by atoms with Crippen molar-refractivity contribution >= 4 is 35.6 Å². The molecular weight excluding hydrogens is 690 g/mol. The van der Waals surface area contributed by atoms with Crippen molar-refractivity contribution in [2.75, 3.05) is 40.0 Å². The van der Waals surface area contributed by atoms with Crippen LogP contribution in [-0.4, -0.2) is 111 Å². The van der Waals surface area contributed by atoms with Gasteiger partial charge in [-0.3, -0.25) is 28.8 Å². The number of likely N-dealkylation sites (N-methyl/N-ethyl adjacent to an activating group) is 1. The van der Waals surface area contributed by atoms with Crippen molar-refractivity contribution in [2.24, 2.45) is 5.73 Å². The van der Waals surface area contributed by atoms with Gasteiger partial charge in [0, 0.05) is 26.4 Å². The number of esters is 2. The van der Waals surface area contributed by atoms with E-state index in [0.29, 0.717) is 24.5 Å². The van der Waals surface area contributed by atoms with Gasteiger partial charge in [-0.2, -0.15) is 0 Å². The van der Waals surface area contributed by atoms with Crippen molar-refractivity contribution < 1.29 is 52.5 Å². The normalized spacial score (nSPS) is 13.5. The fourth-order valence-corrected chi connectivity index (χ4v) is 4.60. The zero-order valence-electron chi connectivity index (χ0n) is 33.0. The molecule has 3 atom stereocenters. The van der Waals surface area contributed by atoms with Crippen LogP contribution in [0.5, 0.6) is 5.75 Å². The van der Waals surface area contributed by atoms with E-state index in [0.717, 1.165) is 0 Å². The van der Waals surface area contributed by atoms with Crippen molar-refractivity contribution in [1.29, 1.82) is 0 Å². The van der Waals surface area contributed by atoms with Gasteiger partial charge in [-0.15, -0.1) is 0 Å². The first-order valence-corrected chi connectivity index (χ1v) is 17.7. The molecule has 300 valence electrons. The lowest BCUT2D eigenvalue weighted by atomic mass is 10.0. The number of hydrogen-bond acceptors (Lipinski definition) is 12. The Morgan fingerprint density at radius 2 is 1.21 bits per heavy atom. The van der Waals surface area contributed by atoms with E-state index in [1.165, 1.54) is 7.05 Å². The van der Waals surface area contributed by atoms with Crippen LogP contribution in [0.15, 0.2) is 24.3 Å². The molecule has 0 heterocycles. The maximum Gasteiger partial charge on any atom is 0.308 e. The number of nitrogens with one attached hydrogen (secondary N) is 4. The van der Waals surface area contributed by atoms with Crippen LogP contribution < -0.4 is 31.7 Å². The molecular formula is C37H61N5O11. The molecule has 1 rings (SSSR count).